The monoisotopic (exact) mass is 286 g/mol. The van der Waals surface area contributed by atoms with Gasteiger partial charge >= 0.3 is 17.9 Å². The number of carbonyl (C=O) groups excluding carboxylic acids is 2. The lowest BCUT2D eigenvalue weighted by molar-refractivity contribution is -0.139. The average molecular weight is 286 g/mol. The van der Waals surface area contributed by atoms with Gasteiger partial charge in [-0.15, -0.1) is 0 Å². The van der Waals surface area contributed by atoms with Crippen molar-refractivity contribution in [3.8, 4) is 0 Å². The third-order valence-corrected chi connectivity index (χ3v) is 1.80. The van der Waals surface area contributed by atoms with Crippen LogP contribution in [0.1, 0.15) is 13.8 Å². The number of carboxylic acids is 1. The first-order chi connectivity index (χ1) is 9.36. The van der Waals surface area contributed by atoms with E-state index in [1.807, 2.05) is 0 Å². The Morgan fingerprint density at radius 2 is 1.95 bits per heavy atom. The first kappa shape index (κ1) is 17.8. The Hall–Kier alpha value is -2.15. The molecule has 1 atom stereocenters. The topological polar surface area (TPSA) is 102 Å². The Kier molecular flexibility index (Phi) is 8.69. The Labute approximate surface area is 116 Å². The highest BCUT2D eigenvalue weighted by Crippen LogP contribution is 2.09. The van der Waals surface area contributed by atoms with E-state index in [0.717, 1.165) is 12.2 Å². The van der Waals surface area contributed by atoms with Crippen LogP contribution in [0.3, 0.4) is 0 Å². The van der Waals surface area contributed by atoms with Gasteiger partial charge in [-0.25, -0.2) is 14.4 Å². The zero-order valence-corrected chi connectivity index (χ0v) is 11.5. The molecule has 7 nitrogen and oxygen atoms in total. The van der Waals surface area contributed by atoms with Crippen molar-refractivity contribution in [2.45, 2.75) is 20.0 Å². The van der Waals surface area contributed by atoms with Crippen molar-refractivity contribution in [2.75, 3.05) is 19.8 Å². The van der Waals surface area contributed by atoms with Crippen LogP contribution >= 0.6 is 0 Å². The van der Waals surface area contributed by atoms with Gasteiger partial charge in [-0.2, -0.15) is 0 Å². The maximum absolute atomic E-state index is 10.7. The summed E-state index contributed by atoms with van der Waals surface area (Å²) in [5.41, 5.74) is 0.431. The molecule has 0 aromatic carbocycles. The van der Waals surface area contributed by atoms with Gasteiger partial charge < -0.3 is 19.3 Å². The summed E-state index contributed by atoms with van der Waals surface area (Å²) in [5, 5.41) is 8.04. The van der Waals surface area contributed by atoms with Crippen LogP contribution in [0.4, 0.5) is 0 Å². The summed E-state index contributed by atoms with van der Waals surface area (Å²) in [6.07, 6.45) is 1.74. The first-order valence-electron chi connectivity index (χ1n) is 5.88. The molecule has 1 aliphatic heterocycles. The van der Waals surface area contributed by atoms with E-state index in [-0.39, 0.29) is 18.7 Å². The van der Waals surface area contributed by atoms with Crippen molar-refractivity contribution in [3.05, 3.63) is 24.3 Å². The van der Waals surface area contributed by atoms with Crippen molar-refractivity contribution in [2.24, 2.45) is 0 Å². The van der Waals surface area contributed by atoms with E-state index in [2.05, 4.69) is 11.3 Å². The molecule has 112 valence electrons. The van der Waals surface area contributed by atoms with Gasteiger partial charge in [-0.05, 0) is 13.8 Å². The highest BCUT2D eigenvalue weighted by molar-refractivity contribution is 5.90. The van der Waals surface area contributed by atoms with Gasteiger partial charge in [-0.1, -0.05) is 6.58 Å². The van der Waals surface area contributed by atoms with Crippen molar-refractivity contribution in [1.82, 2.24) is 0 Å². The van der Waals surface area contributed by atoms with Crippen molar-refractivity contribution in [3.63, 3.8) is 0 Å². The van der Waals surface area contributed by atoms with Gasteiger partial charge in [0.25, 0.3) is 0 Å². The maximum atomic E-state index is 10.7. The summed E-state index contributed by atoms with van der Waals surface area (Å²) in [4.78, 5) is 30.9. The van der Waals surface area contributed by atoms with Gasteiger partial charge in [0, 0.05) is 17.7 Å². The number of rotatable bonds is 6. The van der Waals surface area contributed by atoms with E-state index in [0.29, 0.717) is 18.8 Å². The Bertz CT molecular complexity index is 394. The lowest BCUT2D eigenvalue weighted by atomic mass is 10.4. The molecule has 0 saturated carbocycles. The third-order valence-electron chi connectivity index (χ3n) is 1.80. The molecule has 1 rings (SSSR count). The predicted molar refractivity (Wildman–Crippen MR) is 68.9 cm³/mol. The number of hydrogen-bond donors (Lipinski definition) is 1. The summed E-state index contributed by atoms with van der Waals surface area (Å²) in [5.74, 6) is -2.13. The molecule has 0 amide bonds. The minimum atomic E-state index is -1.16. The SMILES string of the molecule is C=C(C)C(=O)OCC1CO1.CCOC(=O)/C=C\C(=O)O. The summed E-state index contributed by atoms with van der Waals surface area (Å²) in [6.45, 7) is 8.04. The zero-order valence-electron chi connectivity index (χ0n) is 11.5. The van der Waals surface area contributed by atoms with Gasteiger partial charge in [-0.3, -0.25) is 0 Å². The maximum Gasteiger partial charge on any atom is 0.333 e. The number of epoxide rings is 1. The molecule has 0 spiro atoms. The smallest absolute Gasteiger partial charge is 0.333 e. The Morgan fingerprint density at radius 1 is 1.35 bits per heavy atom. The van der Waals surface area contributed by atoms with Crippen LogP contribution in [-0.4, -0.2) is 48.9 Å². The molecule has 0 bridgehead atoms. The summed E-state index contributed by atoms with van der Waals surface area (Å²) >= 11 is 0. The molecular formula is C13H18O7. The van der Waals surface area contributed by atoms with Crippen LogP contribution in [0.5, 0.6) is 0 Å². The standard InChI is InChI=1S/C7H10O3.C6H8O4/c1-5(2)7(8)10-4-6-3-9-6;1-2-10-6(9)4-3-5(7)8/h6H,1,3-4H2,2H3;3-4H,2H2,1H3,(H,7,8)/b;4-3-. The highest BCUT2D eigenvalue weighted by atomic mass is 16.6. The molecule has 1 heterocycles. The molecule has 20 heavy (non-hydrogen) atoms. The summed E-state index contributed by atoms with van der Waals surface area (Å²) in [7, 11) is 0. The molecular weight excluding hydrogens is 268 g/mol. The number of esters is 2. The number of carboxylic acid groups (broad SMARTS) is 1. The molecule has 0 aromatic rings. The fourth-order valence-electron chi connectivity index (χ4n) is 0.786. The first-order valence-corrected chi connectivity index (χ1v) is 5.88. The number of carbonyl (C=O) groups is 3. The lowest BCUT2D eigenvalue weighted by Crippen LogP contribution is -2.09. The van der Waals surface area contributed by atoms with E-state index < -0.39 is 11.9 Å². The zero-order chi connectivity index (χ0) is 15.5. The molecule has 1 fully saturated rings. The summed E-state index contributed by atoms with van der Waals surface area (Å²) < 4.78 is 14.0. The van der Waals surface area contributed by atoms with Crippen LogP contribution in [0.15, 0.2) is 24.3 Å². The van der Waals surface area contributed by atoms with E-state index in [1.54, 1.807) is 13.8 Å². The Morgan fingerprint density at radius 3 is 2.35 bits per heavy atom. The summed E-state index contributed by atoms with van der Waals surface area (Å²) in [6, 6.07) is 0. The lowest BCUT2D eigenvalue weighted by Gasteiger charge is -1.99. The van der Waals surface area contributed by atoms with E-state index >= 15 is 0 Å². The van der Waals surface area contributed by atoms with Gasteiger partial charge in [0.05, 0.1) is 13.2 Å². The molecule has 1 unspecified atom stereocenters. The molecule has 1 aliphatic rings. The number of ether oxygens (including phenoxy) is 3. The van der Waals surface area contributed by atoms with Crippen molar-refractivity contribution < 1.29 is 33.7 Å². The molecule has 1 N–H and O–H groups in total. The quantitative estimate of drug-likeness (QED) is 0.435. The van der Waals surface area contributed by atoms with Crippen LogP contribution in [0.2, 0.25) is 0 Å². The van der Waals surface area contributed by atoms with E-state index in [9.17, 15) is 14.4 Å². The largest absolute Gasteiger partial charge is 0.478 e. The molecule has 0 aliphatic carbocycles. The third kappa shape index (κ3) is 11.0. The molecule has 0 radical (unpaired) electrons. The van der Waals surface area contributed by atoms with E-state index in [4.69, 9.17) is 14.6 Å². The molecule has 0 aromatic heterocycles. The second kappa shape index (κ2) is 9.74. The normalized spacial score (nSPS) is 15.8. The Balaban J connectivity index is 0.000000361. The fraction of sp³-hybridized carbons (Fsp3) is 0.462. The van der Waals surface area contributed by atoms with E-state index in [1.165, 1.54) is 0 Å². The van der Waals surface area contributed by atoms with Gasteiger partial charge in [0.2, 0.25) is 0 Å². The van der Waals surface area contributed by atoms with Crippen molar-refractivity contribution >= 4 is 17.9 Å². The van der Waals surface area contributed by atoms with Crippen molar-refractivity contribution in [1.29, 1.82) is 0 Å². The second-order valence-electron chi connectivity index (χ2n) is 3.76. The van der Waals surface area contributed by atoms with Crippen LogP contribution in [0, 0.1) is 0 Å². The molecule has 1 saturated heterocycles. The van der Waals surface area contributed by atoms with Crippen LogP contribution < -0.4 is 0 Å². The van der Waals surface area contributed by atoms with Gasteiger partial charge in [0.1, 0.15) is 12.7 Å². The predicted octanol–water partition coefficient (Wildman–Crippen LogP) is 0.695. The highest BCUT2D eigenvalue weighted by Gasteiger charge is 2.24. The fourth-order valence-corrected chi connectivity index (χ4v) is 0.786. The van der Waals surface area contributed by atoms with Gasteiger partial charge in [0.15, 0.2) is 0 Å². The van der Waals surface area contributed by atoms with Crippen LogP contribution in [0.25, 0.3) is 0 Å². The number of hydrogen-bond acceptors (Lipinski definition) is 6. The minimum absolute atomic E-state index is 0.142. The second-order valence-corrected chi connectivity index (χ2v) is 3.76. The average Bonchev–Trinajstić information content (AvgIpc) is 3.18. The van der Waals surface area contributed by atoms with Crippen LogP contribution in [-0.2, 0) is 28.6 Å². The minimum Gasteiger partial charge on any atom is -0.478 e. The molecule has 7 heteroatoms. The number of aliphatic carboxylic acids is 1.